The molecule has 0 aliphatic carbocycles. The van der Waals surface area contributed by atoms with Crippen LogP contribution in [0.4, 0.5) is 13.2 Å². The summed E-state index contributed by atoms with van der Waals surface area (Å²) in [7, 11) is 1.74. The number of nitrogens with one attached hydrogen (secondary N) is 1. The van der Waals surface area contributed by atoms with E-state index in [1.807, 2.05) is 0 Å². The van der Waals surface area contributed by atoms with E-state index in [1.54, 1.807) is 18.0 Å². The van der Waals surface area contributed by atoms with Gasteiger partial charge in [0.05, 0.1) is 13.2 Å². The van der Waals surface area contributed by atoms with Crippen LogP contribution in [0.5, 0.6) is 5.75 Å². The van der Waals surface area contributed by atoms with Crippen LogP contribution in [-0.4, -0.2) is 61.2 Å². The molecule has 0 spiro atoms. The molecule has 1 aromatic rings. The molecule has 0 radical (unpaired) electrons. The highest BCUT2D eigenvalue weighted by Gasteiger charge is 2.36. The van der Waals surface area contributed by atoms with Crippen LogP contribution in [0.1, 0.15) is 18.4 Å². The third-order valence-corrected chi connectivity index (χ3v) is 4.58. The number of aliphatic hydroxyl groups is 1. The lowest BCUT2D eigenvalue weighted by atomic mass is 9.89. The van der Waals surface area contributed by atoms with Crippen LogP contribution in [0.3, 0.4) is 0 Å². The van der Waals surface area contributed by atoms with E-state index in [0.29, 0.717) is 26.1 Å². The average molecular weight is 376 g/mol. The Hall–Kier alpha value is -1.84. The van der Waals surface area contributed by atoms with Gasteiger partial charge in [-0.2, -0.15) is 0 Å². The highest BCUT2D eigenvalue weighted by molar-refractivity contribution is 5.78. The highest BCUT2D eigenvalue weighted by atomic mass is 19.4. The van der Waals surface area contributed by atoms with Gasteiger partial charge in [-0.05, 0) is 26.0 Å². The van der Waals surface area contributed by atoms with Crippen molar-refractivity contribution in [1.82, 2.24) is 10.2 Å². The fraction of sp³-hybridized carbons (Fsp3) is 0.588. The molecule has 0 saturated carbocycles. The maximum Gasteiger partial charge on any atom is 0.573 e. The largest absolute Gasteiger partial charge is 0.573 e. The molecule has 0 unspecified atom stereocenters. The van der Waals surface area contributed by atoms with Crippen molar-refractivity contribution in [1.29, 1.82) is 0 Å². The van der Waals surface area contributed by atoms with E-state index in [-0.39, 0.29) is 36.9 Å². The number of alkyl halides is 3. The number of para-hydroxylation sites is 1. The van der Waals surface area contributed by atoms with Crippen molar-refractivity contribution in [3.05, 3.63) is 29.8 Å². The molecule has 1 amide bonds. The van der Waals surface area contributed by atoms with Crippen molar-refractivity contribution in [2.75, 3.05) is 33.4 Å². The molecular formula is C17H23F3N2O4. The molecule has 1 saturated heterocycles. The quantitative estimate of drug-likeness (QED) is 0.758. The second-order valence-electron chi connectivity index (χ2n) is 6.28. The summed E-state index contributed by atoms with van der Waals surface area (Å²) in [5, 5.41) is 12.3. The van der Waals surface area contributed by atoms with Gasteiger partial charge in [0.25, 0.3) is 0 Å². The van der Waals surface area contributed by atoms with Crippen molar-refractivity contribution in [2.45, 2.75) is 31.3 Å². The second-order valence-corrected chi connectivity index (χ2v) is 6.28. The van der Waals surface area contributed by atoms with Gasteiger partial charge in [-0.1, -0.05) is 18.2 Å². The maximum absolute atomic E-state index is 12.4. The average Bonchev–Trinajstić information content (AvgIpc) is 2.60. The summed E-state index contributed by atoms with van der Waals surface area (Å²) in [5.41, 5.74) is -0.295. The van der Waals surface area contributed by atoms with E-state index in [0.717, 1.165) is 0 Å². The van der Waals surface area contributed by atoms with Gasteiger partial charge in [-0.3, -0.25) is 9.69 Å². The van der Waals surface area contributed by atoms with Crippen LogP contribution in [0.25, 0.3) is 0 Å². The molecular weight excluding hydrogens is 353 g/mol. The summed E-state index contributed by atoms with van der Waals surface area (Å²) in [6.45, 7) is 0.850. The maximum atomic E-state index is 12.4. The van der Waals surface area contributed by atoms with Gasteiger partial charge in [-0.25, -0.2) is 0 Å². The minimum Gasteiger partial charge on any atom is -0.405 e. The summed E-state index contributed by atoms with van der Waals surface area (Å²) in [6.07, 6.45) is -3.58. The number of likely N-dealkylation sites (N-methyl/N-ethyl adjacent to an activating group) is 1. The summed E-state index contributed by atoms with van der Waals surface area (Å²) in [5.74, 6) is -0.696. The van der Waals surface area contributed by atoms with Crippen molar-refractivity contribution in [2.24, 2.45) is 0 Å². The zero-order valence-corrected chi connectivity index (χ0v) is 14.5. The highest BCUT2D eigenvalue weighted by Crippen LogP contribution is 2.27. The molecule has 1 aliphatic heterocycles. The first kappa shape index (κ1) is 20.5. The van der Waals surface area contributed by atoms with Crippen LogP contribution < -0.4 is 10.1 Å². The van der Waals surface area contributed by atoms with Gasteiger partial charge in [-0.15, -0.1) is 13.2 Å². The van der Waals surface area contributed by atoms with Crippen molar-refractivity contribution >= 4 is 5.91 Å². The molecule has 2 rings (SSSR count). The van der Waals surface area contributed by atoms with Crippen LogP contribution in [-0.2, 0) is 16.1 Å². The summed E-state index contributed by atoms with van der Waals surface area (Å²) in [4.78, 5) is 14.0. The van der Waals surface area contributed by atoms with Gasteiger partial charge in [0.15, 0.2) is 0 Å². The first-order chi connectivity index (χ1) is 12.3. The molecule has 0 bridgehead atoms. The van der Waals surface area contributed by atoms with Gasteiger partial charge >= 0.3 is 6.36 Å². The lowest BCUT2D eigenvalue weighted by Crippen LogP contribution is -2.55. The number of ether oxygens (including phenoxy) is 2. The normalized spacial score (nSPS) is 17.2. The Labute approximate surface area is 149 Å². The third kappa shape index (κ3) is 5.58. The number of carbonyl (C=O) groups excluding carboxylic acids is 1. The summed E-state index contributed by atoms with van der Waals surface area (Å²) in [6, 6.07) is 5.65. The van der Waals surface area contributed by atoms with Crippen LogP contribution in [0.2, 0.25) is 0 Å². The summed E-state index contributed by atoms with van der Waals surface area (Å²) >= 11 is 0. The molecule has 1 fully saturated rings. The van der Waals surface area contributed by atoms with Gasteiger partial charge in [0, 0.05) is 30.9 Å². The minimum atomic E-state index is -4.79. The zero-order valence-electron chi connectivity index (χ0n) is 14.5. The fourth-order valence-corrected chi connectivity index (χ4v) is 2.92. The first-order valence-electron chi connectivity index (χ1n) is 8.26. The molecule has 6 nitrogen and oxygen atoms in total. The molecule has 9 heteroatoms. The molecule has 1 aliphatic rings. The Balaban J connectivity index is 1.93. The molecule has 1 heterocycles. The smallest absolute Gasteiger partial charge is 0.405 e. The van der Waals surface area contributed by atoms with Gasteiger partial charge < -0.3 is 19.9 Å². The molecule has 0 aromatic heterocycles. The van der Waals surface area contributed by atoms with E-state index in [2.05, 4.69) is 10.1 Å². The number of carbonyl (C=O) groups is 1. The van der Waals surface area contributed by atoms with Gasteiger partial charge in [0.1, 0.15) is 5.75 Å². The van der Waals surface area contributed by atoms with E-state index >= 15 is 0 Å². The molecule has 1 aromatic carbocycles. The standard InChI is InChI=1S/C17H23F3N2O4/c1-22(16(12-23)6-8-25-9-7-16)11-15(24)21-10-13-4-2-3-5-14(13)26-17(18,19)20/h2-5,23H,6-12H2,1H3,(H,21,24). The number of rotatable bonds is 7. The van der Waals surface area contributed by atoms with E-state index in [9.17, 15) is 23.1 Å². The molecule has 2 N–H and O–H groups in total. The topological polar surface area (TPSA) is 71.0 Å². The monoisotopic (exact) mass is 376 g/mol. The van der Waals surface area contributed by atoms with Crippen LogP contribution in [0.15, 0.2) is 24.3 Å². The van der Waals surface area contributed by atoms with Crippen LogP contribution >= 0.6 is 0 Å². The molecule has 26 heavy (non-hydrogen) atoms. The number of aliphatic hydroxyl groups excluding tert-OH is 1. The third-order valence-electron chi connectivity index (χ3n) is 4.58. The minimum absolute atomic E-state index is 0.0167. The Morgan fingerprint density at radius 1 is 1.35 bits per heavy atom. The van der Waals surface area contributed by atoms with Crippen molar-refractivity contribution < 1.29 is 32.5 Å². The Bertz CT molecular complexity index is 604. The molecule has 0 atom stereocenters. The number of hydrogen-bond donors (Lipinski definition) is 2. The first-order valence-corrected chi connectivity index (χ1v) is 8.26. The Kier molecular flexibility index (Phi) is 6.85. The number of halogens is 3. The number of hydrogen-bond acceptors (Lipinski definition) is 5. The lowest BCUT2D eigenvalue weighted by molar-refractivity contribution is -0.274. The number of amides is 1. The van der Waals surface area contributed by atoms with Gasteiger partial charge in [0.2, 0.25) is 5.91 Å². The van der Waals surface area contributed by atoms with Crippen molar-refractivity contribution in [3.63, 3.8) is 0 Å². The summed E-state index contributed by atoms with van der Waals surface area (Å²) < 4.78 is 46.5. The fourth-order valence-electron chi connectivity index (χ4n) is 2.92. The predicted molar refractivity (Wildman–Crippen MR) is 87.5 cm³/mol. The van der Waals surface area contributed by atoms with Crippen LogP contribution in [0, 0.1) is 0 Å². The van der Waals surface area contributed by atoms with E-state index < -0.39 is 11.9 Å². The Morgan fingerprint density at radius 2 is 2.00 bits per heavy atom. The Morgan fingerprint density at radius 3 is 2.62 bits per heavy atom. The number of nitrogens with zero attached hydrogens (tertiary/aromatic N) is 1. The molecule has 146 valence electrons. The van der Waals surface area contributed by atoms with E-state index in [4.69, 9.17) is 4.74 Å². The second kappa shape index (κ2) is 8.70. The van der Waals surface area contributed by atoms with Crippen molar-refractivity contribution in [3.8, 4) is 5.75 Å². The lowest BCUT2D eigenvalue weighted by Gasteiger charge is -2.42. The van der Waals surface area contributed by atoms with E-state index in [1.165, 1.54) is 18.2 Å². The predicted octanol–water partition coefficient (Wildman–Crippen LogP) is 1.67. The zero-order chi connectivity index (χ0) is 19.2. The number of benzene rings is 1. The SMILES string of the molecule is CN(CC(=O)NCc1ccccc1OC(F)(F)F)C1(CO)CCOCC1.